The molecule has 3 rings (SSSR count). The second-order valence-electron chi connectivity index (χ2n) is 6.75. The van der Waals surface area contributed by atoms with Gasteiger partial charge in [-0.2, -0.15) is 5.26 Å². The van der Waals surface area contributed by atoms with Gasteiger partial charge in [0.2, 0.25) is 0 Å². The molecule has 0 unspecified atom stereocenters. The fourth-order valence-corrected chi connectivity index (χ4v) is 4.60. The number of esters is 1. The van der Waals surface area contributed by atoms with Gasteiger partial charge >= 0.3 is 5.97 Å². The number of rotatable bonds is 7. The quantitative estimate of drug-likeness (QED) is 0.403. The van der Waals surface area contributed by atoms with E-state index in [1.807, 2.05) is 6.92 Å². The van der Waals surface area contributed by atoms with Gasteiger partial charge in [0.15, 0.2) is 0 Å². The number of nitrogens with zero attached hydrogens (tertiary/aromatic N) is 3. The lowest BCUT2D eigenvalue weighted by Gasteiger charge is -2.32. The fraction of sp³-hybridized carbons (Fsp3) is 0.650. The molecule has 0 saturated carbocycles. The topological polar surface area (TPSA) is 75.4 Å². The van der Waals surface area contributed by atoms with Crippen molar-refractivity contribution in [3.63, 3.8) is 0 Å². The van der Waals surface area contributed by atoms with Crippen LogP contribution in [0.4, 0.5) is 5.82 Å². The molecule has 0 aromatic carbocycles. The van der Waals surface area contributed by atoms with E-state index in [9.17, 15) is 10.1 Å². The van der Waals surface area contributed by atoms with Crippen LogP contribution in [0.15, 0.2) is 5.03 Å². The monoisotopic (exact) mass is 389 g/mol. The third-order valence-electron chi connectivity index (χ3n) is 4.95. The van der Waals surface area contributed by atoms with Crippen molar-refractivity contribution in [2.45, 2.75) is 50.5 Å². The van der Waals surface area contributed by atoms with Gasteiger partial charge < -0.3 is 14.4 Å². The van der Waals surface area contributed by atoms with Crippen molar-refractivity contribution in [2.24, 2.45) is 0 Å². The number of aromatic nitrogens is 1. The maximum Gasteiger partial charge on any atom is 0.305 e. The molecule has 2 heterocycles. The molecule has 27 heavy (non-hydrogen) atoms. The minimum atomic E-state index is -0.161. The van der Waals surface area contributed by atoms with E-state index in [0.29, 0.717) is 13.0 Å². The van der Waals surface area contributed by atoms with Gasteiger partial charge in [-0.15, -0.1) is 11.8 Å². The number of carbonyl (C=O) groups is 1. The Hall–Kier alpha value is -1.78. The third kappa shape index (κ3) is 4.94. The van der Waals surface area contributed by atoms with Crippen LogP contribution in [0.1, 0.15) is 49.3 Å². The number of ether oxygens (including phenoxy) is 2. The van der Waals surface area contributed by atoms with E-state index >= 15 is 0 Å². The first-order chi connectivity index (χ1) is 13.2. The summed E-state index contributed by atoms with van der Waals surface area (Å²) in [6.45, 7) is 5.36. The van der Waals surface area contributed by atoms with Crippen LogP contribution >= 0.6 is 11.8 Å². The molecule has 1 aliphatic carbocycles. The Kier molecular flexibility index (Phi) is 7.36. The van der Waals surface area contributed by atoms with Crippen LogP contribution in [-0.2, 0) is 27.1 Å². The molecule has 0 amide bonds. The molecule has 0 radical (unpaired) electrons. The van der Waals surface area contributed by atoms with Gasteiger partial charge in [-0.3, -0.25) is 4.79 Å². The first kappa shape index (κ1) is 20.0. The normalized spacial score (nSPS) is 16.5. The van der Waals surface area contributed by atoms with Gasteiger partial charge in [-0.05, 0) is 50.2 Å². The Balaban J connectivity index is 1.79. The summed E-state index contributed by atoms with van der Waals surface area (Å²) in [4.78, 5) is 18.7. The Morgan fingerprint density at radius 3 is 2.74 bits per heavy atom. The average molecular weight is 390 g/mol. The Morgan fingerprint density at radius 2 is 2.04 bits per heavy atom. The number of hydrogen-bond donors (Lipinski definition) is 0. The molecule has 1 aromatic heterocycles. The van der Waals surface area contributed by atoms with Crippen molar-refractivity contribution >= 4 is 23.5 Å². The molecule has 1 aliphatic heterocycles. The lowest BCUT2D eigenvalue weighted by Crippen LogP contribution is -2.38. The highest BCUT2D eigenvalue weighted by atomic mass is 32.2. The fourth-order valence-electron chi connectivity index (χ4n) is 3.65. The van der Waals surface area contributed by atoms with Gasteiger partial charge in [-0.1, -0.05) is 0 Å². The second kappa shape index (κ2) is 9.95. The molecular weight excluding hydrogens is 362 g/mol. The van der Waals surface area contributed by atoms with E-state index in [4.69, 9.17) is 14.5 Å². The van der Waals surface area contributed by atoms with Crippen molar-refractivity contribution < 1.29 is 14.3 Å². The zero-order chi connectivity index (χ0) is 19.1. The van der Waals surface area contributed by atoms with Crippen molar-refractivity contribution in [3.8, 4) is 6.07 Å². The number of anilines is 1. The molecule has 0 N–H and O–H groups in total. The summed E-state index contributed by atoms with van der Waals surface area (Å²) in [6.07, 6.45) is 5.36. The number of nitriles is 1. The summed E-state index contributed by atoms with van der Waals surface area (Å²) in [7, 11) is 0. The van der Waals surface area contributed by atoms with Gasteiger partial charge in [0.25, 0.3) is 0 Å². The maximum absolute atomic E-state index is 11.5. The molecule has 1 saturated heterocycles. The SMILES string of the molecule is CCOC(=O)CCCSc1nc(N2CCOCC2)c2c(c1C#N)CCCC2. The smallest absolute Gasteiger partial charge is 0.305 e. The molecule has 0 atom stereocenters. The van der Waals surface area contributed by atoms with Crippen molar-refractivity contribution in [2.75, 3.05) is 43.6 Å². The minimum Gasteiger partial charge on any atom is -0.466 e. The Morgan fingerprint density at radius 1 is 1.30 bits per heavy atom. The van der Waals surface area contributed by atoms with E-state index < -0.39 is 0 Å². The van der Waals surface area contributed by atoms with Gasteiger partial charge in [0.05, 0.1) is 25.4 Å². The highest BCUT2D eigenvalue weighted by molar-refractivity contribution is 7.99. The lowest BCUT2D eigenvalue weighted by atomic mass is 9.89. The number of fused-ring (bicyclic) bond motifs is 1. The first-order valence-electron chi connectivity index (χ1n) is 9.81. The number of morpholine rings is 1. The molecule has 2 aliphatic rings. The van der Waals surface area contributed by atoms with Crippen molar-refractivity contribution in [1.29, 1.82) is 5.26 Å². The van der Waals surface area contributed by atoms with Crippen LogP contribution < -0.4 is 4.90 Å². The second-order valence-corrected chi connectivity index (χ2v) is 7.83. The van der Waals surface area contributed by atoms with Crippen LogP contribution in [0, 0.1) is 11.3 Å². The number of thioether (sulfide) groups is 1. The molecular formula is C20H27N3O3S. The summed E-state index contributed by atoms with van der Waals surface area (Å²) in [6, 6.07) is 2.41. The van der Waals surface area contributed by atoms with E-state index in [-0.39, 0.29) is 5.97 Å². The van der Waals surface area contributed by atoms with Gasteiger partial charge in [0, 0.05) is 25.3 Å². The molecule has 146 valence electrons. The summed E-state index contributed by atoms with van der Waals surface area (Å²) in [5, 5.41) is 10.6. The predicted octanol–water partition coefficient (Wildman–Crippen LogP) is 3.10. The van der Waals surface area contributed by atoms with Crippen LogP contribution in [0.2, 0.25) is 0 Å². The van der Waals surface area contributed by atoms with Crippen LogP contribution in [-0.4, -0.2) is 49.6 Å². The van der Waals surface area contributed by atoms with Crippen LogP contribution in [0.3, 0.4) is 0 Å². The molecule has 0 spiro atoms. The number of pyridine rings is 1. The molecule has 7 heteroatoms. The van der Waals surface area contributed by atoms with E-state index in [1.54, 1.807) is 11.8 Å². The van der Waals surface area contributed by atoms with E-state index in [0.717, 1.165) is 80.6 Å². The van der Waals surface area contributed by atoms with Gasteiger partial charge in [-0.25, -0.2) is 4.98 Å². The minimum absolute atomic E-state index is 0.161. The Bertz CT molecular complexity index is 711. The van der Waals surface area contributed by atoms with Gasteiger partial charge in [0.1, 0.15) is 16.9 Å². The summed E-state index contributed by atoms with van der Waals surface area (Å²) in [5.74, 6) is 1.63. The third-order valence-corrected chi connectivity index (χ3v) is 6.01. The van der Waals surface area contributed by atoms with E-state index in [1.165, 1.54) is 11.1 Å². The van der Waals surface area contributed by atoms with E-state index in [2.05, 4.69) is 11.0 Å². The summed E-state index contributed by atoms with van der Waals surface area (Å²) < 4.78 is 10.5. The summed E-state index contributed by atoms with van der Waals surface area (Å²) in [5.41, 5.74) is 3.19. The number of hydrogen-bond acceptors (Lipinski definition) is 7. The maximum atomic E-state index is 11.5. The predicted molar refractivity (Wildman–Crippen MR) is 105 cm³/mol. The zero-order valence-electron chi connectivity index (χ0n) is 16.0. The molecule has 0 bridgehead atoms. The molecule has 1 aromatic rings. The zero-order valence-corrected chi connectivity index (χ0v) is 16.8. The molecule has 1 fully saturated rings. The average Bonchev–Trinajstić information content (AvgIpc) is 2.71. The first-order valence-corrected chi connectivity index (χ1v) is 10.8. The highest BCUT2D eigenvalue weighted by Crippen LogP contribution is 2.36. The molecule has 6 nitrogen and oxygen atoms in total. The number of carbonyl (C=O) groups excluding carboxylic acids is 1. The van der Waals surface area contributed by atoms with Crippen molar-refractivity contribution in [1.82, 2.24) is 4.98 Å². The van der Waals surface area contributed by atoms with Crippen LogP contribution in [0.5, 0.6) is 0 Å². The standard InChI is InChI=1S/C20H27N3O3S/c1-2-26-18(24)8-5-13-27-20-17(14-21)15-6-3-4-7-16(15)19(22-20)23-9-11-25-12-10-23/h2-13H2,1H3. The van der Waals surface area contributed by atoms with Crippen molar-refractivity contribution in [3.05, 3.63) is 16.7 Å². The highest BCUT2D eigenvalue weighted by Gasteiger charge is 2.26. The summed E-state index contributed by atoms with van der Waals surface area (Å²) >= 11 is 1.58. The lowest BCUT2D eigenvalue weighted by molar-refractivity contribution is -0.143. The Labute approximate surface area is 165 Å². The van der Waals surface area contributed by atoms with Crippen LogP contribution in [0.25, 0.3) is 0 Å². The largest absolute Gasteiger partial charge is 0.466 e.